The third-order valence-electron chi connectivity index (χ3n) is 2.75. The summed E-state index contributed by atoms with van der Waals surface area (Å²) >= 11 is 0. The van der Waals surface area contributed by atoms with Gasteiger partial charge in [0.05, 0.1) is 0 Å². The monoisotopic (exact) mass is 251 g/mol. The van der Waals surface area contributed by atoms with E-state index in [-0.39, 0.29) is 0 Å². The molecule has 18 heavy (non-hydrogen) atoms. The van der Waals surface area contributed by atoms with E-state index in [1.165, 1.54) is 0 Å². The molecule has 1 atom stereocenters. The first-order chi connectivity index (χ1) is 8.65. The second kappa shape index (κ2) is 7.87. The number of aromatic nitrogens is 2. The Labute approximate surface area is 110 Å². The van der Waals surface area contributed by atoms with Crippen LogP contribution in [-0.2, 0) is 0 Å². The van der Waals surface area contributed by atoms with Crippen LogP contribution in [0.1, 0.15) is 32.5 Å². The van der Waals surface area contributed by atoms with Crippen LogP contribution in [0.25, 0.3) is 0 Å². The molecular formula is C13H25N5. The van der Waals surface area contributed by atoms with E-state index in [0.29, 0.717) is 6.04 Å². The molecule has 1 aromatic rings. The maximum atomic E-state index is 4.39. The zero-order valence-corrected chi connectivity index (χ0v) is 11.9. The van der Waals surface area contributed by atoms with Crippen molar-refractivity contribution < 1.29 is 0 Å². The lowest BCUT2D eigenvalue weighted by atomic mass is 10.2. The van der Waals surface area contributed by atoms with Crippen LogP contribution in [0.5, 0.6) is 0 Å². The standard InChI is InChI=1S/C13H25N5/c1-5-10(2)16-13-9-12(17-11(3)18-13)15-8-6-7-14-4/h9-10,14H,5-8H2,1-4H3,(H2,15,16,17,18). The van der Waals surface area contributed by atoms with Gasteiger partial charge in [-0.1, -0.05) is 6.92 Å². The Morgan fingerprint density at radius 2 is 1.94 bits per heavy atom. The van der Waals surface area contributed by atoms with Crippen LogP contribution in [-0.4, -0.2) is 36.1 Å². The molecule has 0 fully saturated rings. The molecule has 0 aromatic carbocycles. The van der Waals surface area contributed by atoms with E-state index < -0.39 is 0 Å². The highest BCUT2D eigenvalue weighted by Crippen LogP contribution is 2.12. The van der Waals surface area contributed by atoms with Gasteiger partial charge in [0.1, 0.15) is 17.5 Å². The number of anilines is 2. The van der Waals surface area contributed by atoms with Crippen LogP contribution in [0, 0.1) is 6.92 Å². The first-order valence-corrected chi connectivity index (χ1v) is 6.66. The third-order valence-corrected chi connectivity index (χ3v) is 2.75. The second-order valence-corrected chi connectivity index (χ2v) is 4.52. The fourth-order valence-corrected chi connectivity index (χ4v) is 1.57. The molecule has 0 spiro atoms. The summed E-state index contributed by atoms with van der Waals surface area (Å²) in [5.41, 5.74) is 0. The summed E-state index contributed by atoms with van der Waals surface area (Å²) < 4.78 is 0. The van der Waals surface area contributed by atoms with Crippen LogP contribution < -0.4 is 16.0 Å². The van der Waals surface area contributed by atoms with Crippen molar-refractivity contribution in [2.45, 2.75) is 39.7 Å². The Hall–Kier alpha value is -1.36. The molecule has 0 saturated carbocycles. The summed E-state index contributed by atoms with van der Waals surface area (Å²) in [6, 6.07) is 2.40. The molecule has 1 heterocycles. The van der Waals surface area contributed by atoms with E-state index in [0.717, 1.165) is 43.4 Å². The number of nitrogens with zero attached hydrogens (tertiary/aromatic N) is 2. The lowest BCUT2D eigenvalue weighted by molar-refractivity contribution is 0.745. The fraction of sp³-hybridized carbons (Fsp3) is 0.692. The van der Waals surface area contributed by atoms with Gasteiger partial charge in [-0.15, -0.1) is 0 Å². The Morgan fingerprint density at radius 1 is 1.22 bits per heavy atom. The predicted octanol–water partition coefficient (Wildman–Crippen LogP) is 2.02. The van der Waals surface area contributed by atoms with Crippen LogP contribution >= 0.6 is 0 Å². The lowest BCUT2D eigenvalue weighted by Crippen LogP contribution is -2.16. The molecule has 5 nitrogen and oxygen atoms in total. The molecule has 1 aromatic heterocycles. The topological polar surface area (TPSA) is 61.9 Å². The van der Waals surface area contributed by atoms with Gasteiger partial charge in [-0.3, -0.25) is 0 Å². The summed E-state index contributed by atoms with van der Waals surface area (Å²) in [6.45, 7) is 8.15. The van der Waals surface area contributed by atoms with Crippen molar-refractivity contribution in [1.29, 1.82) is 0 Å². The summed E-state index contributed by atoms with van der Waals surface area (Å²) in [4.78, 5) is 8.77. The average Bonchev–Trinajstić information content (AvgIpc) is 2.34. The molecule has 0 saturated heterocycles. The van der Waals surface area contributed by atoms with Crippen molar-refractivity contribution in [2.24, 2.45) is 0 Å². The number of hydrogen-bond acceptors (Lipinski definition) is 5. The number of aryl methyl sites for hydroxylation is 1. The van der Waals surface area contributed by atoms with E-state index in [2.05, 4.69) is 39.8 Å². The Bertz CT molecular complexity index is 353. The molecular weight excluding hydrogens is 226 g/mol. The maximum Gasteiger partial charge on any atom is 0.132 e. The highest BCUT2D eigenvalue weighted by atomic mass is 15.1. The normalized spacial score (nSPS) is 12.2. The first kappa shape index (κ1) is 14.7. The van der Waals surface area contributed by atoms with E-state index in [1.54, 1.807) is 0 Å². The van der Waals surface area contributed by atoms with Crippen molar-refractivity contribution >= 4 is 11.6 Å². The van der Waals surface area contributed by atoms with Crippen molar-refractivity contribution in [3.05, 3.63) is 11.9 Å². The van der Waals surface area contributed by atoms with E-state index in [1.807, 2.05) is 20.0 Å². The third kappa shape index (κ3) is 5.31. The zero-order chi connectivity index (χ0) is 13.4. The molecule has 0 aliphatic rings. The summed E-state index contributed by atoms with van der Waals surface area (Å²) in [6.07, 6.45) is 2.15. The minimum atomic E-state index is 0.427. The van der Waals surface area contributed by atoms with Gasteiger partial charge in [0.15, 0.2) is 0 Å². The van der Waals surface area contributed by atoms with Crippen molar-refractivity contribution in [1.82, 2.24) is 15.3 Å². The molecule has 0 bridgehead atoms. The van der Waals surface area contributed by atoms with E-state index in [4.69, 9.17) is 0 Å². The molecule has 102 valence electrons. The van der Waals surface area contributed by atoms with Gasteiger partial charge < -0.3 is 16.0 Å². The summed E-state index contributed by atoms with van der Waals surface area (Å²) in [7, 11) is 1.96. The summed E-state index contributed by atoms with van der Waals surface area (Å²) in [5.74, 6) is 2.58. The van der Waals surface area contributed by atoms with Crippen molar-refractivity contribution in [3.63, 3.8) is 0 Å². The molecule has 3 N–H and O–H groups in total. The first-order valence-electron chi connectivity index (χ1n) is 6.66. The van der Waals surface area contributed by atoms with Crippen molar-refractivity contribution in [2.75, 3.05) is 30.8 Å². The largest absolute Gasteiger partial charge is 0.370 e. The van der Waals surface area contributed by atoms with Gasteiger partial charge in [0, 0.05) is 18.7 Å². The highest BCUT2D eigenvalue weighted by molar-refractivity contribution is 5.47. The number of rotatable bonds is 8. The second-order valence-electron chi connectivity index (χ2n) is 4.52. The predicted molar refractivity (Wildman–Crippen MR) is 77.2 cm³/mol. The minimum Gasteiger partial charge on any atom is -0.370 e. The Kier molecular flexibility index (Phi) is 6.43. The Morgan fingerprint density at radius 3 is 2.61 bits per heavy atom. The minimum absolute atomic E-state index is 0.427. The maximum absolute atomic E-state index is 4.39. The van der Waals surface area contributed by atoms with Crippen LogP contribution in [0.3, 0.4) is 0 Å². The van der Waals surface area contributed by atoms with Gasteiger partial charge >= 0.3 is 0 Å². The number of nitrogens with one attached hydrogen (secondary N) is 3. The molecule has 1 rings (SSSR count). The highest BCUT2D eigenvalue weighted by Gasteiger charge is 2.04. The van der Waals surface area contributed by atoms with E-state index in [9.17, 15) is 0 Å². The zero-order valence-electron chi connectivity index (χ0n) is 11.9. The molecule has 1 unspecified atom stereocenters. The molecule has 5 heteroatoms. The average molecular weight is 251 g/mol. The quantitative estimate of drug-likeness (QED) is 0.617. The van der Waals surface area contributed by atoms with Gasteiger partial charge in [0.2, 0.25) is 0 Å². The van der Waals surface area contributed by atoms with Crippen LogP contribution in [0.4, 0.5) is 11.6 Å². The molecule has 0 radical (unpaired) electrons. The smallest absolute Gasteiger partial charge is 0.132 e. The Balaban J connectivity index is 2.57. The van der Waals surface area contributed by atoms with E-state index >= 15 is 0 Å². The lowest BCUT2D eigenvalue weighted by Gasteiger charge is -2.14. The van der Waals surface area contributed by atoms with Gasteiger partial charge in [-0.05, 0) is 40.3 Å². The van der Waals surface area contributed by atoms with Crippen molar-refractivity contribution in [3.8, 4) is 0 Å². The van der Waals surface area contributed by atoms with Gasteiger partial charge in [-0.2, -0.15) is 0 Å². The molecule has 0 aliphatic carbocycles. The summed E-state index contributed by atoms with van der Waals surface area (Å²) in [5, 5.41) is 9.82. The molecule has 0 amide bonds. The van der Waals surface area contributed by atoms with Gasteiger partial charge in [0.25, 0.3) is 0 Å². The fourth-order valence-electron chi connectivity index (χ4n) is 1.57. The number of hydrogen-bond donors (Lipinski definition) is 3. The molecule has 0 aliphatic heterocycles. The SMILES string of the molecule is CCC(C)Nc1cc(NCCCNC)nc(C)n1. The van der Waals surface area contributed by atoms with Crippen LogP contribution in [0.2, 0.25) is 0 Å². The van der Waals surface area contributed by atoms with Crippen LogP contribution in [0.15, 0.2) is 6.07 Å². The van der Waals surface area contributed by atoms with Gasteiger partial charge in [-0.25, -0.2) is 9.97 Å².